The van der Waals surface area contributed by atoms with Gasteiger partial charge < -0.3 is 10.1 Å². The number of carbonyl (C=O) groups is 2. The van der Waals surface area contributed by atoms with Crippen molar-refractivity contribution < 1.29 is 14.3 Å². The van der Waals surface area contributed by atoms with Crippen LogP contribution in [0.4, 0.5) is 5.69 Å². The summed E-state index contributed by atoms with van der Waals surface area (Å²) in [5.74, 6) is -0.993. The Balaban J connectivity index is 1.70. The normalized spacial score (nSPS) is 11.4. The molecule has 3 rings (SSSR count). The van der Waals surface area contributed by atoms with Gasteiger partial charge in [-0.25, -0.2) is 4.79 Å². The van der Waals surface area contributed by atoms with Crippen molar-refractivity contribution in [3.63, 3.8) is 0 Å². The molecule has 0 bridgehead atoms. The molecule has 1 amide bonds. The molecule has 5 heteroatoms. The van der Waals surface area contributed by atoms with E-state index in [4.69, 9.17) is 10.00 Å². The summed E-state index contributed by atoms with van der Waals surface area (Å²) in [5.41, 5.74) is 1.45. The van der Waals surface area contributed by atoms with Gasteiger partial charge in [-0.15, -0.1) is 0 Å². The van der Waals surface area contributed by atoms with Crippen LogP contribution in [0.15, 0.2) is 66.7 Å². The third-order valence-electron chi connectivity index (χ3n) is 3.94. The number of ether oxygens (including phenoxy) is 1. The average molecular weight is 344 g/mol. The molecule has 1 atom stereocenters. The molecule has 0 radical (unpaired) electrons. The number of amides is 1. The van der Waals surface area contributed by atoms with Crippen molar-refractivity contribution in [2.45, 2.75) is 13.0 Å². The minimum absolute atomic E-state index is 0.418. The van der Waals surface area contributed by atoms with Gasteiger partial charge in [0.15, 0.2) is 6.10 Å². The van der Waals surface area contributed by atoms with Gasteiger partial charge in [-0.2, -0.15) is 5.26 Å². The zero-order valence-electron chi connectivity index (χ0n) is 14.1. The fraction of sp³-hybridized carbons (Fsp3) is 0.0952. The molecule has 0 spiro atoms. The van der Waals surface area contributed by atoms with Gasteiger partial charge in [-0.1, -0.05) is 36.4 Å². The second-order valence-corrected chi connectivity index (χ2v) is 5.75. The fourth-order valence-electron chi connectivity index (χ4n) is 2.55. The number of esters is 1. The number of nitriles is 1. The van der Waals surface area contributed by atoms with Gasteiger partial charge in [0.2, 0.25) is 0 Å². The quantitative estimate of drug-likeness (QED) is 0.728. The number of rotatable bonds is 4. The van der Waals surface area contributed by atoms with Gasteiger partial charge in [0.1, 0.15) is 0 Å². The number of fused-ring (bicyclic) bond motifs is 1. The Bertz CT molecular complexity index is 998. The van der Waals surface area contributed by atoms with Crippen molar-refractivity contribution in [1.29, 1.82) is 5.26 Å². The highest BCUT2D eigenvalue weighted by Gasteiger charge is 2.20. The second-order valence-electron chi connectivity index (χ2n) is 5.75. The summed E-state index contributed by atoms with van der Waals surface area (Å²) in [5, 5.41) is 13.2. The average Bonchev–Trinajstić information content (AvgIpc) is 2.68. The molecule has 3 aromatic carbocycles. The lowest BCUT2D eigenvalue weighted by molar-refractivity contribution is -0.123. The van der Waals surface area contributed by atoms with E-state index in [1.54, 1.807) is 36.4 Å². The van der Waals surface area contributed by atoms with E-state index in [0.717, 1.165) is 10.8 Å². The fourth-order valence-corrected chi connectivity index (χ4v) is 2.55. The maximum absolute atomic E-state index is 12.5. The smallest absolute Gasteiger partial charge is 0.339 e. The lowest BCUT2D eigenvalue weighted by Gasteiger charge is -2.14. The molecule has 0 fully saturated rings. The van der Waals surface area contributed by atoms with E-state index in [9.17, 15) is 9.59 Å². The van der Waals surface area contributed by atoms with Crippen molar-refractivity contribution in [2.24, 2.45) is 0 Å². The maximum Gasteiger partial charge on any atom is 0.339 e. The second kappa shape index (κ2) is 7.49. The molecule has 1 N–H and O–H groups in total. The third-order valence-corrected chi connectivity index (χ3v) is 3.94. The Morgan fingerprint density at radius 3 is 2.42 bits per heavy atom. The summed E-state index contributed by atoms with van der Waals surface area (Å²) < 4.78 is 5.32. The highest BCUT2D eigenvalue weighted by atomic mass is 16.5. The Hall–Kier alpha value is -3.65. The van der Waals surface area contributed by atoms with Crippen LogP contribution in [0.1, 0.15) is 22.8 Å². The molecule has 5 nitrogen and oxygen atoms in total. The Morgan fingerprint density at radius 1 is 1.00 bits per heavy atom. The van der Waals surface area contributed by atoms with Crippen molar-refractivity contribution >= 4 is 28.3 Å². The van der Waals surface area contributed by atoms with E-state index < -0.39 is 18.0 Å². The Labute approximate surface area is 150 Å². The molecule has 0 saturated carbocycles. The van der Waals surface area contributed by atoms with Crippen LogP contribution in [-0.4, -0.2) is 18.0 Å². The Morgan fingerprint density at radius 2 is 1.69 bits per heavy atom. The lowest BCUT2D eigenvalue weighted by atomic mass is 10.0. The first-order valence-corrected chi connectivity index (χ1v) is 8.08. The molecular formula is C21H16N2O3. The minimum Gasteiger partial charge on any atom is -0.449 e. The van der Waals surface area contributed by atoms with Crippen LogP contribution in [0.25, 0.3) is 10.8 Å². The molecule has 0 saturated heterocycles. The van der Waals surface area contributed by atoms with Crippen molar-refractivity contribution in [2.75, 3.05) is 5.32 Å². The van der Waals surface area contributed by atoms with Gasteiger partial charge in [0, 0.05) is 5.69 Å². The topological polar surface area (TPSA) is 79.2 Å². The summed E-state index contributed by atoms with van der Waals surface area (Å²) in [6, 6.07) is 21.3. The summed E-state index contributed by atoms with van der Waals surface area (Å²) in [6.07, 6.45) is -0.961. The number of benzene rings is 3. The van der Waals surface area contributed by atoms with E-state index in [1.165, 1.54) is 6.92 Å². The number of hydrogen-bond acceptors (Lipinski definition) is 4. The standard InChI is InChI=1S/C21H16N2O3/c1-14(20(24)23-17-11-9-15(13-22)10-12-17)26-21(25)19-8-4-6-16-5-2-3-7-18(16)19/h2-12,14H,1H3,(H,23,24)/t14-/m0/s1. The number of anilines is 1. The largest absolute Gasteiger partial charge is 0.449 e. The summed E-state index contributed by atoms with van der Waals surface area (Å²) in [7, 11) is 0. The van der Waals surface area contributed by atoms with E-state index in [0.29, 0.717) is 16.8 Å². The highest BCUT2D eigenvalue weighted by molar-refractivity contribution is 6.05. The van der Waals surface area contributed by atoms with Gasteiger partial charge >= 0.3 is 5.97 Å². The first-order chi connectivity index (χ1) is 12.6. The van der Waals surface area contributed by atoms with Crippen LogP contribution < -0.4 is 5.32 Å². The zero-order valence-corrected chi connectivity index (χ0v) is 14.1. The molecule has 26 heavy (non-hydrogen) atoms. The SMILES string of the molecule is C[C@H](OC(=O)c1cccc2ccccc12)C(=O)Nc1ccc(C#N)cc1. The molecule has 0 unspecified atom stereocenters. The van der Waals surface area contributed by atoms with E-state index in [-0.39, 0.29) is 0 Å². The van der Waals surface area contributed by atoms with Gasteiger partial charge in [0.05, 0.1) is 17.2 Å². The number of hydrogen-bond donors (Lipinski definition) is 1. The molecular weight excluding hydrogens is 328 g/mol. The van der Waals surface area contributed by atoms with E-state index in [1.807, 2.05) is 36.4 Å². The first kappa shape index (κ1) is 17.2. The molecule has 0 aliphatic rings. The predicted octanol–water partition coefficient (Wildman–Crippen LogP) is 3.90. The van der Waals surface area contributed by atoms with Gasteiger partial charge in [-0.05, 0) is 48.0 Å². The van der Waals surface area contributed by atoms with Crippen LogP contribution in [-0.2, 0) is 9.53 Å². The van der Waals surface area contributed by atoms with Gasteiger partial charge in [0.25, 0.3) is 5.91 Å². The summed E-state index contributed by atoms with van der Waals surface area (Å²) >= 11 is 0. The monoisotopic (exact) mass is 344 g/mol. The van der Waals surface area contributed by atoms with Crippen molar-refractivity contribution in [3.05, 3.63) is 77.9 Å². The van der Waals surface area contributed by atoms with Crippen molar-refractivity contribution in [1.82, 2.24) is 0 Å². The predicted molar refractivity (Wildman–Crippen MR) is 98.6 cm³/mol. The zero-order chi connectivity index (χ0) is 18.5. The summed E-state index contributed by atoms with van der Waals surface area (Å²) in [4.78, 5) is 24.7. The summed E-state index contributed by atoms with van der Waals surface area (Å²) in [6.45, 7) is 1.52. The van der Waals surface area contributed by atoms with Crippen LogP contribution in [0.5, 0.6) is 0 Å². The van der Waals surface area contributed by atoms with E-state index in [2.05, 4.69) is 5.32 Å². The number of nitrogens with zero attached hydrogens (tertiary/aromatic N) is 1. The van der Waals surface area contributed by atoms with Crippen LogP contribution in [0.3, 0.4) is 0 Å². The molecule has 0 heterocycles. The van der Waals surface area contributed by atoms with Crippen LogP contribution in [0, 0.1) is 11.3 Å². The van der Waals surface area contributed by atoms with Crippen molar-refractivity contribution in [3.8, 4) is 6.07 Å². The maximum atomic E-state index is 12.5. The minimum atomic E-state index is -0.961. The molecule has 0 aliphatic heterocycles. The molecule has 3 aromatic rings. The van der Waals surface area contributed by atoms with Gasteiger partial charge in [-0.3, -0.25) is 4.79 Å². The molecule has 0 aromatic heterocycles. The lowest BCUT2D eigenvalue weighted by Crippen LogP contribution is -2.30. The third kappa shape index (κ3) is 3.70. The molecule has 0 aliphatic carbocycles. The number of carbonyl (C=O) groups excluding carboxylic acids is 2. The van der Waals surface area contributed by atoms with E-state index >= 15 is 0 Å². The highest BCUT2D eigenvalue weighted by Crippen LogP contribution is 2.20. The van der Waals surface area contributed by atoms with Crippen LogP contribution >= 0.6 is 0 Å². The molecule has 128 valence electrons. The van der Waals surface area contributed by atoms with Crippen LogP contribution in [0.2, 0.25) is 0 Å². The first-order valence-electron chi connectivity index (χ1n) is 8.08. The Kier molecular flexibility index (Phi) is 4.95. The number of nitrogens with one attached hydrogen (secondary N) is 1.